The number of hydrogen-bond acceptors (Lipinski definition) is 6. The number of amides is 1. The zero-order valence-corrected chi connectivity index (χ0v) is 14.7. The summed E-state index contributed by atoms with van der Waals surface area (Å²) in [6.45, 7) is 5.43. The fourth-order valence-electron chi connectivity index (χ4n) is 3.70. The van der Waals surface area contributed by atoms with Crippen LogP contribution in [0.25, 0.3) is 0 Å². The molecule has 1 aromatic heterocycles. The first-order chi connectivity index (χ1) is 12.2. The molecule has 5 rings (SSSR count). The molecule has 130 valence electrons. The summed E-state index contributed by atoms with van der Waals surface area (Å²) >= 11 is 1.71. The lowest BCUT2D eigenvalue weighted by molar-refractivity contribution is 0.0934. The zero-order valence-electron chi connectivity index (χ0n) is 13.9. The van der Waals surface area contributed by atoms with Crippen molar-refractivity contribution in [3.05, 3.63) is 39.8 Å². The van der Waals surface area contributed by atoms with Crippen LogP contribution in [0, 0.1) is 0 Å². The van der Waals surface area contributed by atoms with Crippen molar-refractivity contribution in [2.45, 2.75) is 26.1 Å². The number of ether oxygens (including phenoxy) is 2. The van der Waals surface area contributed by atoms with Crippen LogP contribution in [0.3, 0.4) is 0 Å². The average Bonchev–Trinajstić information content (AvgIpc) is 3.24. The molecule has 1 aromatic carbocycles. The molecule has 0 spiro atoms. The van der Waals surface area contributed by atoms with Gasteiger partial charge in [-0.2, -0.15) is 0 Å². The lowest BCUT2D eigenvalue weighted by Gasteiger charge is -2.28. The van der Waals surface area contributed by atoms with E-state index in [1.165, 1.54) is 10.4 Å². The zero-order chi connectivity index (χ0) is 17.0. The number of likely N-dealkylation sites (N-methyl/N-ethyl adjacent to an activating group) is 1. The minimum Gasteiger partial charge on any atom is -0.454 e. The number of carbonyl (C=O) groups excluding carboxylic acids is 1. The summed E-state index contributed by atoms with van der Waals surface area (Å²) in [5.74, 6) is 1.49. The fraction of sp³-hybridized carbons (Fsp3) is 0.389. The molecule has 25 heavy (non-hydrogen) atoms. The topological polar surface area (TPSA) is 62.8 Å². The van der Waals surface area contributed by atoms with E-state index in [-0.39, 0.29) is 18.9 Å². The van der Waals surface area contributed by atoms with Crippen molar-refractivity contribution in [1.29, 1.82) is 0 Å². The quantitative estimate of drug-likeness (QED) is 0.865. The van der Waals surface area contributed by atoms with Crippen LogP contribution in [-0.2, 0) is 13.0 Å². The maximum Gasteiger partial charge on any atom is 0.256 e. The third kappa shape index (κ3) is 2.38. The number of thiophene rings is 1. The second-order valence-electron chi connectivity index (χ2n) is 6.49. The Balaban J connectivity index is 1.47. The van der Waals surface area contributed by atoms with Crippen molar-refractivity contribution in [1.82, 2.24) is 10.2 Å². The standard InChI is InChI=1S/C18H19N3O3S/c1-2-21-6-5-11-14(8-21)25-18-15(11)17(22)19-16(20-18)10-3-4-12-13(7-10)24-9-23-12/h3-4,7,16,20H,2,5-6,8-9H2,1H3,(H,19,22)/t16-/m1/s1. The summed E-state index contributed by atoms with van der Waals surface area (Å²) in [6, 6.07) is 5.78. The van der Waals surface area contributed by atoms with E-state index in [0.29, 0.717) is 0 Å². The minimum absolute atomic E-state index is 0.0128. The number of benzene rings is 1. The van der Waals surface area contributed by atoms with E-state index in [4.69, 9.17) is 9.47 Å². The van der Waals surface area contributed by atoms with Crippen molar-refractivity contribution in [3.8, 4) is 11.5 Å². The summed E-state index contributed by atoms with van der Waals surface area (Å²) in [6.07, 6.45) is 0.690. The van der Waals surface area contributed by atoms with Crippen LogP contribution in [0.5, 0.6) is 11.5 Å². The van der Waals surface area contributed by atoms with E-state index in [9.17, 15) is 4.79 Å². The average molecular weight is 357 g/mol. The highest BCUT2D eigenvalue weighted by molar-refractivity contribution is 7.16. The van der Waals surface area contributed by atoms with Gasteiger partial charge >= 0.3 is 0 Å². The molecule has 7 heteroatoms. The van der Waals surface area contributed by atoms with Gasteiger partial charge in [0, 0.05) is 18.0 Å². The molecule has 0 bridgehead atoms. The van der Waals surface area contributed by atoms with E-state index in [1.54, 1.807) is 11.3 Å². The smallest absolute Gasteiger partial charge is 0.256 e. The van der Waals surface area contributed by atoms with Gasteiger partial charge in [0.05, 0.1) is 5.56 Å². The van der Waals surface area contributed by atoms with Crippen molar-refractivity contribution < 1.29 is 14.3 Å². The molecule has 2 N–H and O–H groups in total. The fourth-order valence-corrected chi connectivity index (χ4v) is 5.01. The van der Waals surface area contributed by atoms with E-state index in [1.807, 2.05) is 18.2 Å². The Morgan fingerprint density at radius 2 is 2.16 bits per heavy atom. The van der Waals surface area contributed by atoms with Gasteiger partial charge in [0.25, 0.3) is 5.91 Å². The highest BCUT2D eigenvalue weighted by Gasteiger charge is 2.33. The van der Waals surface area contributed by atoms with Crippen molar-refractivity contribution in [2.75, 3.05) is 25.2 Å². The Morgan fingerprint density at radius 3 is 3.04 bits per heavy atom. The van der Waals surface area contributed by atoms with Gasteiger partial charge in [-0.05, 0) is 36.2 Å². The van der Waals surface area contributed by atoms with Gasteiger partial charge in [-0.25, -0.2) is 0 Å². The summed E-state index contributed by atoms with van der Waals surface area (Å²) in [7, 11) is 0. The maximum absolute atomic E-state index is 12.8. The molecule has 4 heterocycles. The van der Waals surface area contributed by atoms with Gasteiger partial charge in [0.1, 0.15) is 11.2 Å². The molecule has 0 saturated carbocycles. The minimum atomic E-state index is -0.253. The molecule has 0 unspecified atom stereocenters. The highest BCUT2D eigenvalue weighted by Crippen LogP contribution is 2.42. The monoisotopic (exact) mass is 357 g/mol. The number of carbonyl (C=O) groups is 1. The van der Waals surface area contributed by atoms with Crippen LogP contribution in [-0.4, -0.2) is 30.7 Å². The lowest BCUT2D eigenvalue weighted by atomic mass is 10.0. The van der Waals surface area contributed by atoms with Crippen LogP contribution in [0.4, 0.5) is 5.00 Å². The predicted molar refractivity (Wildman–Crippen MR) is 95.4 cm³/mol. The summed E-state index contributed by atoms with van der Waals surface area (Å²) in [5.41, 5.74) is 3.02. The summed E-state index contributed by atoms with van der Waals surface area (Å²) in [4.78, 5) is 16.5. The van der Waals surface area contributed by atoms with Crippen molar-refractivity contribution >= 4 is 22.2 Å². The van der Waals surface area contributed by atoms with Gasteiger partial charge in [-0.15, -0.1) is 11.3 Å². The summed E-state index contributed by atoms with van der Waals surface area (Å²) < 4.78 is 10.8. The van der Waals surface area contributed by atoms with Gasteiger partial charge in [0.15, 0.2) is 11.5 Å². The van der Waals surface area contributed by atoms with Gasteiger partial charge < -0.3 is 20.1 Å². The molecule has 0 aliphatic carbocycles. The molecule has 6 nitrogen and oxygen atoms in total. The molecule has 0 radical (unpaired) electrons. The number of nitrogens with one attached hydrogen (secondary N) is 2. The lowest BCUT2D eigenvalue weighted by Crippen LogP contribution is -2.38. The third-order valence-electron chi connectivity index (χ3n) is 5.09. The SMILES string of the molecule is CCN1CCc2c(sc3c2C(=O)N[C@@H](c2ccc4c(c2)OCO4)N3)C1. The van der Waals surface area contributed by atoms with Crippen LogP contribution >= 0.6 is 11.3 Å². The molecule has 2 aromatic rings. The number of nitrogens with zero attached hydrogens (tertiary/aromatic N) is 1. The predicted octanol–water partition coefficient (Wildman–Crippen LogP) is 2.71. The molecule has 3 aliphatic rings. The third-order valence-corrected chi connectivity index (χ3v) is 6.24. The van der Waals surface area contributed by atoms with Crippen molar-refractivity contribution in [2.24, 2.45) is 0 Å². The van der Waals surface area contributed by atoms with E-state index in [0.717, 1.165) is 53.7 Å². The highest BCUT2D eigenvalue weighted by atomic mass is 32.1. The second-order valence-corrected chi connectivity index (χ2v) is 7.60. The molecule has 3 aliphatic heterocycles. The molecule has 1 atom stereocenters. The molecule has 0 fully saturated rings. The maximum atomic E-state index is 12.8. The largest absolute Gasteiger partial charge is 0.454 e. The molecular formula is C18H19N3O3S. The number of hydrogen-bond donors (Lipinski definition) is 2. The van der Waals surface area contributed by atoms with E-state index < -0.39 is 0 Å². The van der Waals surface area contributed by atoms with E-state index >= 15 is 0 Å². The van der Waals surface area contributed by atoms with E-state index in [2.05, 4.69) is 22.5 Å². The normalized spacial score (nSPS) is 21.3. The van der Waals surface area contributed by atoms with Gasteiger partial charge in [0.2, 0.25) is 6.79 Å². The number of fused-ring (bicyclic) bond motifs is 4. The Labute approximate surface area is 149 Å². The second kappa shape index (κ2) is 5.64. The molecule has 0 saturated heterocycles. The Morgan fingerprint density at radius 1 is 1.28 bits per heavy atom. The first-order valence-electron chi connectivity index (χ1n) is 8.56. The van der Waals surface area contributed by atoms with Crippen LogP contribution < -0.4 is 20.1 Å². The van der Waals surface area contributed by atoms with Gasteiger partial charge in [-0.1, -0.05) is 13.0 Å². The van der Waals surface area contributed by atoms with Crippen molar-refractivity contribution in [3.63, 3.8) is 0 Å². The van der Waals surface area contributed by atoms with Crippen LogP contribution in [0.15, 0.2) is 18.2 Å². The first-order valence-corrected chi connectivity index (χ1v) is 9.38. The Kier molecular flexibility index (Phi) is 3.39. The Bertz CT molecular complexity index is 863. The number of rotatable bonds is 2. The first kappa shape index (κ1) is 15.0. The van der Waals surface area contributed by atoms with Crippen LogP contribution in [0.2, 0.25) is 0 Å². The van der Waals surface area contributed by atoms with Crippen LogP contribution in [0.1, 0.15) is 39.5 Å². The number of anilines is 1. The molecular weight excluding hydrogens is 338 g/mol. The molecule has 1 amide bonds. The van der Waals surface area contributed by atoms with Gasteiger partial charge in [-0.3, -0.25) is 9.69 Å². The summed E-state index contributed by atoms with van der Waals surface area (Å²) in [5, 5.41) is 7.57. The Hall–Kier alpha value is -2.25.